The summed E-state index contributed by atoms with van der Waals surface area (Å²) in [6, 6.07) is 1.71. The molecule has 5 nitrogen and oxygen atoms in total. The number of methoxy groups -OCH3 is 1. The van der Waals surface area contributed by atoms with Crippen LogP contribution in [0.25, 0.3) is 0 Å². The first-order valence-corrected chi connectivity index (χ1v) is 5.53. The first kappa shape index (κ1) is 11.5. The summed E-state index contributed by atoms with van der Waals surface area (Å²) in [6.07, 6.45) is 1.57. The zero-order valence-electron chi connectivity index (χ0n) is 7.31. The Labute approximate surface area is 90.1 Å². The lowest BCUT2D eigenvalue weighted by Gasteiger charge is -2.03. The molecule has 1 atom stereocenters. The van der Waals surface area contributed by atoms with E-state index in [1.165, 1.54) is 7.11 Å². The Balaban J connectivity index is 2.82. The van der Waals surface area contributed by atoms with Gasteiger partial charge in [0.15, 0.2) is 0 Å². The van der Waals surface area contributed by atoms with Crippen molar-refractivity contribution in [2.45, 2.75) is 6.61 Å². The van der Waals surface area contributed by atoms with E-state index in [0.29, 0.717) is 11.4 Å². The topological polar surface area (TPSA) is 68.7 Å². The Kier molecular flexibility index (Phi) is 4.41. The largest absolute Gasteiger partial charge is 0.695 e. The molecule has 7 heteroatoms. The molecule has 0 aliphatic carbocycles. The summed E-state index contributed by atoms with van der Waals surface area (Å²) >= 11 is 3.22. The smallest absolute Gasteiger partial charge is 0.481 e. The molecule has 0 aliphatic rings. The first-order valence-electron chi connectivity index (χ1n) is 3.61. The Morgan fingerprint density at radius 1 is 1.71 bits per heavy atom. The van der Waals surface area contributed by atoms with Gasteiger partial charge in [0.2, 0.25) is 5.88 Å². The predicted octanol–water partition coefficient (Wildman–Crippen LogP) is 2.02. The van der Waals surface area contributed by atoms with E-state index in [1.54, 1.807) is 12.3 Å². The third-order valence-corrected chi connectivity index (χ3v) is 2.20. The molecular formula is C7H8BrNO4P+. The fraction of sp³-hybridized carbons (Fsp3) is 0.286. The molecule has 0 aromatic carbocycles. The van der Waals surface area contributed by atoms with Crippen LogP contribution in [-0.2, 0) is 15.7 Å². The van der Waals surface area contributed by atoms with Gasteiger partial charge in [0, 0.05) is 20.8 Å². The summed E-state index contributed by atoms with van der Waals surface area (Å²) in [4.78, 5) is 12.4. The molecule has 1 rings (SSSR count). The summed E-state index contributed by atoms with van der Waals surface area (Å²) in [5.41, 5.74) is 0.610. The molecule has 1 N–H and O–H groups in total. The molecular weight excluding hydrogens is 273 g/mol. The van der Waals surface area contributed by atoms with Crippen molar-refractivity contribution in [3.05, 3.63) is 22.3 Å². The van der Waals surface area contributed by atoms with Crippen LogP contribution >= 0.6 is 24.2 Å². The van der Waals surface area contributed by atoms with Crippen LogP contribution in [0, 0.1) is 0 Å². The monoisotopic (exact) mass is 280 g/mol. The van der Waals surface area contributed by atoms with Gasteiger partial charge in [-0.05, 0) is 22.0 Å². The predicted molar refractivity (Wildman–Crippen MR) is 53.1 cm³/mol. The number of hydrogen-bond donors (Lipinski definition) is 1. The van der Waals surface area contributed by atoms with Gasteiger partial charge in [-0.25, -0.2) is 4.98 Å². The molecule has 1 aromatic rings. The van der Waals surface area contributed by atoms with E-state index < -0.39 is 8.25 Å². The quantitative estimate of drug-likeness (QED) is 0.855. The first-order chi connectivity index (χ1) is 6.63. The molecule has 1 aromatic heterocycles. The fourth-order valence-electron chi connectivity index (χ4n) is 0.881. The summed E-state index contributed by atoms with van der Waals surface area (Å²) in [5, 5.41) is 0. The number of hydrogen-bond acceptors (Lipinski definition) is 4. The Morgan fingerprint density at radius 2 is 2.43 bits per heavy atom. The summed E-state index contributed by atoms with van der Waals surface area (Å²) in [7, 11) is -1.13. The van der Waals surface area contributed by atoms with Crippen LogP contribution in [0.2, 0.25) is 0 Å². The van der Waals surface area contributed by atoms with Crippen LogP contribution in [0.4, 0.5) is 0 Å². The minimum Gasteiger partial charge on any atom is -0.481 e. The fourth-order valence-corrected chi connectivity index (χ4v) is 1.51. The average Bonchev–Trinajstić information content (AvgIpc) is 2.15. The number of aromatic nitrogens is 1. The molecule has 0 bridgehead atoms. The van der Waals surface area contributed by atoms with Gasteiger partial charge in [-0.1, -0.05) is 0 Å². The molecule has 0 spiro atoms. The molecule has 0 radical (unpaired) electrons. The molecule has 0 fully saturated rings. The van der Waals surface area contributed by atoms with Crippen molar-refractivity contribution in [3.8, 4) is 5.88 Å². The maximum atomic E-state index is 10.3. The summed E-state index contributed by atoms with van der Waals surface area (Å²) < 4.78 is 20.6. The third-order valence-electron chi connectivity index (χ3n) is 1.42. The second-order valence-electron chi connectivity index (χ2n) is 2.33. The zero-order valence-corrected chi connectivity index (χ0v) is 9.79. The van der Waals surface area contributed by atoms with Crippen LogP contribution in [-0.4, -0.2) is 17.0 Å². The molecule has 1 unspecified atom stereocenters. The Hall–Kier alpha value is -0.550. The minimum atomic E-state index is -2.60. The molecule has 14 heavy (non-hydrogen) atoms. The van der Waals surface area contributed by atoms with Crippen molar-refractivity contribution in [3.63, 3.8) is 0 Å². The van der Waals surface area contributed by atoms with Gasteiger partial charge in [-0.15, -0.1) is 9.42 Å². The SMILES string of the molecule is COc1ncc(Br)cc1CO[P+](=O)O. The normalized spacial score (nSPS) is 11.2. The molecule has 76 valence electrons. The molecule has 0 amide bonds. The van der Waals surface area contributed by atoms with Crippen molar-refractivity contribution in [1.29, 1.82) is 0 Å². The minimum absolute atomic E-state index is 0.0126. The van der Waals surface area contributed by atoms with Gasteiger partial charge in [0.25, 0.3) is 0 Å². The van der Waals surface area contributed by atoms with E-state index in [9.17, 15) is 4.57 Å². The number of pyridine rings is 1. The molecule has 0 saturated heterocycles. The highest BCUT2D eigenvalue weighted by molar-refractivity contribution is 9.10. The number of rotatable bonds is 4. The molecule has 0 aliphatic heterocycles. The van der Waals surface area contributed by atoms with Crippen LogP contribution in [0.15, 0.2) is 16.7 Å². The van der Waals surface area contributed by atoms with E-state index in [1.807, 2.05) is 0 Å². The van der Waals surface area contributed by atoms with Crippen molar-refractivity contribution >= 4 is 24.2 Å². The van der Waals surface area contributed by atoms with Gasteiger partial charge in [0.1, 0.15) is 6.61 Å². The van der Waals surface area contributed by atoms with E-state index in [4.69, 9.17) is 9.63 Å². The Bertz CT molecular complexity index is 346. The van der Waals surface area contributed by atoms with Gasteiger partial charge < -0.3 is 4.74 Å². The standard InChI is InChI=1S/C7H7BrNO4P/c1-12-7-5(4-13-14(10)11)2-6(8)3-9-7/h2-3H,4H2,1H3/p+1. The van der Waals surface area contributed by atoms with Crippen LogP contribution < -0.4 is 4.74 Å². The van der Waals surface area contributed by atoms with Crippen molar-refractivity contribution in [2.24, 2.45) is 0 Å². The maximum absolute atomic E-state index is 10.3. The highest BCUT2D eigenvalue weighted by Gasteiger charge is 2.15. The van der Waals surface area contributed by atoms with E-state index in [2.05, 4.69) is 25.4 Å². The number of nitrogens with zero attached hydrogens (tertiary/aromatic N) is 1. The third kappa shape index (κ3) is 3.31. The second kappa shape index (κ2) is 5.36. The van der Waals surface area contributed by atoms with Gasteiger partial charge in [0.05, 0.1) is 7.11 Å². The van der Waals surface area contributed by atoms with Crippen LogP contribution in [0.3, 0.4) is 0 Å². The Morgan fingerprint density at radius 3 is 3.00 bits per heavy atom. The van der Waals surface area contributed by atoms with Crippen LogP contribution in [0.1, 0.15) is 5.56 Å². The lowest BCUT2D eigenvalue weighted by Crippen LogP contribution is -1.95. The van der Waals surface area contributed by atoms with Crippen molar-refractivity contribution in [2.75, 3.05) is 7.11 Å². The van der Waals surface area contributed by atoms with Crippen molar-refractivity contribution < 1.29 is 18.7 Å². The maximum Gasteiger partial charge on any atom is 0.695 e. The highest BCUT2D eigenvalue weighted by atomic mass is 79.9. The van der Waals surface area contributed by atoms with E-state index in [0.717, 1.165) is 4.47 Å². The van der Waals surface area contributed by atoms with Gasteiger partial charge in [-0.2, -0.15) is 0 Å². The molecule has 0 saturated carbocycles. The second-order valence-corrected chi connectivity index (χ2v) is 3.98. The summed E-state index contributed by atoms with van der Waals surface area (Å²) in [6.45, 7) is -0.0126. The van der Waals surface area contributed by atoms with Crippen LogP contribution in [0.5, 0.6) is 5.88 Å². The molecule has 1 heterocycles. The van der Waals surface area contributed by atoms with Gasteiger partial charge in [-0.3, -0.25) is 0 Å². The van der Waals surface area contributed by atoms with Crippen molar-refractivity contribution in [1.82, 2.24) is 4.98 Å². The zero-order chi connectivity index (χ0) is 10.6. The lowest BCUT2D eigenvalue weighted by molar-refractivity contribution is 0.265. The summed E-state index contributed by atoms with van der Waals surface area (Å²) in [5.74, 6) is 0.380. The van der Waals surface area contributed by atoms with E-state index in [-0.39, 0.29) is 6.61 Å². The number of ether oxygens (including phenoxy) is 1. The highest BCUT2D eigenvalue weighted by Crippen LogP contribution is 2.24. The average molecular weight is 281 g/mol. The van der Waals surface area contributed by atoms with Gasteiger partial charge >= 0.3 is 8.25 Å². The lowest BCUT2D eigenvalue weighted by atomic mass is 10.3. The number of halogens is 1. The van der Waals surface area contributed by atoms with E-state index >= 15 is 0 Å².